The average Bonchev–Trinajstić information content (AvgIpc) is 3.00. The van der Waals surface area contributed by atoms with Crippen LogP contribution in [0.4, 0.5) is 0 Å². The van der Waals surface area contributed by atoms with Crippen molar-refractivity contribution >= 4 is 17.3 Å². The SMILES string of the molecule is CCCCCCCCCCCCCCCc1ccsc1C(=O)O. The summed E-state index contributed by atoms with van der Waals surface area (Å²) in [6.45, 7) is 2.27. The summed E-state index contributed by atoms with van der Waals surface area (Å²) in [5.41, 5.74) is 1.02. The lowest BCUT2D eigenvalue weighted by molar-refractivity contribution is 0.0701. The second kappa shape index (κ2) is 13.6. The van der Waals surface area contributed by atoms with Gasteiger partial charge >= 0.3 is 5.97 Å². The highest BCUT2D eigenvalue weighted by molar-refractivity contribution is 7.12. The molecule has 0 radical (unpaired) electrons. The van der Waals surface area contributed by atoms with E-state index < -0.39 is 5.97 Å². The van der Waals surface area contributed by atoms with Crippen molar-refractivity contribution in [3.63, 3.8) is 0 Å². The van der Waals surface area contributed by atoms with Crippen LogP contribution in [0.2, 0.25) is 0 Å². The molecule has 0 amide bonds. The first kappa shape index (κ1) is 20.2. The first-order valence-electron chi connectivity index (χ1n) is 9.55. The van der Waals surface area contributed by atoms with Gasteiger partial charge in [-0.15, -0.1) is 11.3 Å². The summed E-state index contributed by atoms with van der Waals surface area (Å²) in [5.74, 6) is -0.773. The Balaban J connectivity index is 1.86. The predicted octanol–water partition coefficient (Wildman–Crippen LogP) is 7.08. The van der Waals surface area contributed by atoms with Crippen molar-refractivity contribution in [3.8, 4) is 0 Å². The smallest absolute Gasteiger partial charge is 0.346 e. The molecule has 0 atom stereocenters. The van der Waals surface area contributed by atoms with Crippen LogP contribution in [-0.2, 0) is 6.42 Å². The molecule has 1 heterocycles. The molecule has 0 spiro atoms. The highest BCUT2D eigenvalue weighted by Gasteiger charge is 2.10. The largest absolute Gasteiger partial charge is 0.477 e. The molecule has 1 aromatic heterocycles. The van der Waals surface area contributed by atoms with Crippen molar-refractivity contribution in [2.24, 2.45) is 0 Å². The van der Waals surface area contributed by atoms with Crippen LogP contribution >= 0.6 is 11.3 Å². The van der Waals surface area contributed by atoms with Crippen molar-refractivity contribution < 1.29 is 9.90 Å². The lowest BCUT2D eigenvalue weighted by Gasteiger charge is -2.03. The Labute approximate surface area is 146 Å². The third-order valence-corrected chi connectivity index (χ3v) is 5.44. The Bertz CT molecular complexity index is 412. The first-order valence-corrected chi connectivity index (χ1v) is 10.4. The number of carbonyl (C=O) groups is 1. The fraction of sp³-hybridized carbons (Fsp3) is 0.750. The van der Waals surface area contributed by atoms with Crippen molar-refractivity contribution in [1.29, 1.82) is 0 Å². The van der Waals surface area contributed by atoms with E-state index in [1.165, 1.54) is 88.4 Å². The molecule has 0 aliphatic heterocycles. The highest BCUT2D eigenvalue weighted by Crippen LogP contribution is 2.20. The van der Waals surface area contributed by atoms with Crippen LogP contribution in [0.25, 0.3) is 0 Å². The third-order valence-electron chi connectivity index (χ3n) is 4.49. The van der Waals surface area contributed by atoms with Gasteiger partial charge in [0.15, 0.2) is 0 Å². The van der Waals surface area contributed by atoms with Crippen LogP contribution < -0.4 is 0 Å². The molecule has 0 aliphatic rings. The van der Waals surface area contributed by atoms with Gasteiger partial charge in [-0.3, -0.25) is 0 Å². The Kier molecular flexibility index (Phi) is 11.9. The number of aromatic carboxylic acids is 1. The Morgan fingerprint density at radius 2 is 1.35 bits per heavy atom. The van der Waals surface area contributed by atoms with Crippen molar-refractivity contribution in [2.45, 2.75) is 96.8 Å². The van der Waals surface area contributed by atoms with Gasteiger partial charge in [-0.1, -0.05) is 84.0 Å². The average molecular weight is 339 g/mol. The van der Waals surface area contributed by atoms with E-state index in [1.54, 1.807) is 0 Å². The van der Waals surface area contributed by atoms with Gasteiger partial charge < -0.3 is 5.11 Å². The fourth-order valence-corrected chi connectivity index (χ4v) is 3.84. The summed E-state index contributed by atoms with van der Waals surface area (Å²) >= 11 is 1.34. The number of thiophene rings is 1. The Hall–Kier alpha value is -0.830. The standard InChI is InChI=1S/C20H34O2S/c1-2-3-4-5-6-7-8-9-10-11-12-13-14-15-18-16-17-23-19(18)20(21)22/h16-17H,2-15H2,1H3,(H,21,22). The molecule has 0 unspecified atom stereocenters. The van der Waals surface area contributed by atoms with Gasteiger partial charge in [0.05, 0.1) is 0 Å². The minimum atomic E-state index is -0.773. The summed E-state index contributed by atoms with van der Waals surface area (Å²) in [5, 5.41) is 11.0. The minimum absolute atomic E-state index is 0.531. The maximum absolute atomic E-state index is 11.0. The van der Waals surface area contributed by atoms with E-state index >= 15 is 0 Å². The van der Waals surface area contributed by atoms with Gasteiger partial charge in [0, 0.05) is 0 Å². The molecule has 0 fully saturated rings. The number of rotatable bonds is 15. The van der Waals surface area contributed by atoms with Gasteiger partial charge in [-0.05, 0) is 29.9 Å². The maximum atomic E-state index is 11.0. The first-order chi connectivity index (χ1) is 11.3. The zero-order valence-electron chi connectivity index (χ0n) is 14.8. The van der Waals surface area contributed by atoms with Crippen LogP contribution in [0.5, 0.6) is 0 Å². The zero-order chi connectivity index (χ0) is 16.8. The highest BCUT2D eigenvalue weighted by atomic mass is 32.1. The molecule has 1 aromatic rings. The van der Waals surface area contributed by atoms with Crippen LogP contribution in [-0.4, -0.2) is 11.1 Å². The van der Waals surface area contributed by atoms with Crippen molar-refractivity contribution in [3.05, 3.63) is 21.9 Å². The Morgan fingerprint density at radius 1 is 0.870 bits per heavy atom. The number of carboxylic acids is 1. The van der Waals surface area contributed by atoms with Crippen LogP contribution in [0.15, 0.2) is 11.4 Å². The number of hydrogen-bond acceptors (Lipinski definition) is 2. The topological polar surface area (TPSA) is 37.3 Å². The van der Waals surface area contributed by atoms with Gasteiger partial charge in [0.25, 0.3) is 0 Å². The van der Waals surface area contributed by atoms with Gasteiger partial charge in [-0.25, -0.2) is 4.79 Å². The van der Waals surface area contributed by atoms with E-state index in [0.29, 0.717) is 4.88 Å². The van der Waals surface area contributed by atoms with Crippen LogP contribution in [0.1, 0.15) is 106 Å². The van der Waals surface area contributed by atoms with E-state index in [4.69, 9.17) is 5.11 Å². The van der Waals surface area contributed by atoms with E-state index in [-0.39, 0.29) is 0 Å². The summed E-state index contributed by atoms with van der Waals surface area (Å²) in [6, 6.07) is 1.97. The predicted molar refractivity (Wildman–Crippen MR) is 101 cm³/mol. The van der Waals surface area contributed by atoms with E-state index in [0.717, 1.165) is 18.4 Å². The second-order valence-corrected chi connectivity index (χ2v) is 7.49. The van der Waals surface area contributed by atoms with Crippen LogP contribution in [0.3, 0.4) is 0 Å². The van der Waals surface area contributed by atoms with Gasteiger partial charge in [0.1, 0.15) is 4.88 Å². The maximum Gasteiger partial charge on any atom is 0.346 e. The number of unbranched alkanes of at least 4 members (excludes halogenated alkanes) is 12. The number of aryl methyl sites for hydroxylation is 1. The van der Waals surface area contributed by atoms with Gasteiger partial charge in [0.2, 0.25) is 0 Å². The summed E-state index contributed by atoms with van der Waals surface area (Å²) in [6.07, 6.45) is 18.5. The molecular formula is C20H34O2S. The summed E-state index contributed by atoms with van der Waals surface area (Å²) in [7, 11) is 0. The minimum Gasteiger partial charge on any atom is -0.477 e. The van der Waals surface area contributed by atoms with Crippen molar-refractivity contribution in [2.75, 3.05) is 0 Å². The normalized spacial score (nSPS) is 11.0. The summed E-state index contributed by atoms with van der Waals surface area (Å²) in [4.78, 5) is 11.6. The summed E-state index contributed by atoms with van der Waals surface area (Å²) < 4.78 is 0. The molecule has 132 valence electrons. The molecular weight excluding hydrogens is 304 g/mol. The quantitative estimate of drug-likeness (QED) is 0.347. The second-order valence-electron chi connectivity index (χ2n) is 6.57. The molecule has 2 nitrogen and oxygen atoms in total. The molecule has 0 bridgehead atoms. The fourth-order valence-electron chi connectivity index (χ4n) is 3.05. The van der Waals surface area contributed by atoms with E-state index in [9.17, 15) is 4.79 Å². The number of carboxylic acid groups (broad SMARTS) is 1. The van der Waals surface area contributed by atoms with E-state index in [2.05, 4.69) is 6.92 Å². The number of hydrogen-bond donors (Lipinski definition) is 1. The molecule has 0 saturated heterocycles. The van der Waals surface area contributed by atoms with E-state index in [1.807, 2.05) is 11.4 Å². The monoisotopic (exact) mass is 338 g/mol. The zero-order valence-corrected chi connectivity index (χ0v) is 15.6. The molecule has 1 rings (SSSR count). The molecule has 0 saturated carbocycles. The molecule has 0 aromatic carbocycles. The third kappa shape index (κ3) is 9.80. The molecule has 0 aliphatic carbocycles. The molecule has 23 heavy (non-hydrogen) atoms. The molecule has 3 heteroatoms. The van der Waals surface area contributed by atoms with Crippen LogP contribution in [0, 0.1) is 0 Å². The van der Waals surface area contributed by atoms with Crippen molar-refractivity contribution in [1.82, 2.24) is 0 Å². The van der Waals surface area contributed by atoms with Gasteiger partial charge in [-0.2, -0.15) is 0 Å². The molecule has 1 N–H and O–H groups in total. The Morgan fingerprint density at radius 3 is 1.83 bits per heavy atom. The lowest BCUT2D eigenvalue weighted by atomic mass is 10.0. The lowest BCUT2D eigenvalue weighted by Crippen LogP contribution is -1.97.